The zero-order valence-corrected chi connectivity index (χ0v) is 12.4. The maximum Gasteiger partial charge on any atom is 0.475 e. The number of nitrogens with zero attached hydrogens (tertiary/aromatic N) is 1. The summed E-state index contributed by atoms with van der Waals surface area (Å²) in [6.07, 6.45) is 1.57. The van der Waals surface area contributed by atoms with E-state index in [4.69, 9.17) is 11.6 Å². The molecule has 0 spiro atoms. The van der Waals surface area contributed by atoms with Gasteiger partial charge in [0, 0.05) is 22.0 Å². The van der Waals surface area contributed by atoms with Gasteiger partial charge in [0.15, 0.2) is 10.8 Å². The number of hydrogen-bond donors (Lipinski definition) is 1. The summed E-state index contributed by atoms with van der Waals surface area (Å²) in [5.41, 5.74) is -3.09. The topological polar surface area (TPSA) is 45.8 Å². The summed E-state index contributed by atoms with van der Waals surface area (Å²) in [5, 5.41) is 0.931. The highest BCUT2D eigenvalue weighted by Gasteiger charge is 2.38. The molecule has 22 heavy (non-hydrogen) atoms. The summed E-state index contributed by atoms with van der Waals surface area (Å²) >= 11 is 6.05. The Morgan fingerprint density at radius 1 is 1.18 bits per heavy atom. The molecule has 0 fully saturated rings. The van der Waals surface area contributed by atoms with Crippen molar-refractivity contribution in [3.63, 3.8) is 0 Å². The van der Waals surface area contributed by atoms with E-state index in [0.29, 0.717) is 27.3 Å². The lowest BCUT2D eigenvalue weighted by Crippen LogP contribution is -2.15. The highest BCUT2D eigenvalue weighted by atomic mass is 35.5. The highest BCUT2D eigenvalue weighted by molar-refractivity contribution is 7.86. The molecule has 0 radical (unpaired) electrons. The van der Waals surface area contributed by atoms with Crippen molar-refractivity contribution in [3.05, 3.63) is 47.6 Å². The predicted octanol–water partition coefficient (Wildman–Crippen LogP) is 4.51. The minimum Gasteiger partial charge on any atom is -0.353 e. The predicted molar refractivity (Wildman–Crippen MR) is 79.0 cm³/mol. The molecule has 114 valence electrons. The Morgan fingerprint density at radius 2 is 1.95 bits per heavy atom. The van der Waals surface area contributed by atoms with Gasteiger partial charge in [-0.05, 0) is 36.4 Å². The van der Waals surface area contributed by atoms with Gasteiger partial charge in [0.2, 0.25) is 0 Å². The van der Waals surface area contributed by atoms with Crippen LogP contribution in [0.1, 0.15) is 0 Å². The van der Waals surface area contributed by atoms with Crippen LogP contribution in [0.5, 0.6) is 0 Å². The molecule has 0 aliphatic heterocycles. The molecule has 3 rings (SSSR count). The van der Waals surface area contributed by atoms with Crippen LogP contribution in [0, 0.1) is 0 Å². The maximum absolute atomic E-state index is 12.5. The molecule has 3 nitrogen and oxygen atoms in total. The minimum atomic E-state index is -4.78. The number of nitrogens with one attached hydrogen (secondary N) is 1. The molecule has 8 heteroatoms. The Morgan fingerprint density at radius 3 is 2.64 bits per heavy atom. The number of fused-ring (bicyclic) bond motifs is 1. The fourth-order valence-corrected chi connectivity index (χ4v) is 2.99. The molecule has 0 aliphatic rings. The smallest absolute Gasteiger partial charge is 0.353 e. The van der Waals surface area contributed by atoms with Gasteiger partial charge < -0.3 is 4.98 Å². The number of aromatic nitrogens is 2. The number of rotatable bonds is 2. The number of pyridine rings is 1. The van der Waals surface area contributed by atoms with E-state index in [1.165, 1.54) is 18.2 Å². The second-order valence-electron chi connectivity index (χ2n) is 4.48. The summed E-state index contributed by atoms with van der Waals surface area (Å²) in [7, 11) is -3.05. The van der Waals surface area contributed by atoms with Gasteiger partial charge in [-0.3, -0.25) is 4.98 Å². The first kappa shape index (κ1) is 15.1. The van der Waals surface area contributed by atoms with Gasteiger partial charge >= 0.3 is 5.51 Å². The fraction of sp³-hybridized carbons (Fsp3) is 0.0714. The third-order valence-corrected chi connectivity index (χ3v) is 4.44. The van der Waals surface area contributed by atoms with Crippen molar-refractivity contribution in [2.75, 3.05) is 0 Å². The first-order chi connectivity index (χ1) is 10.4. The first-order valence-electron chi connectivity index (χ1n) is 6.08. The van der Waals surface area contributed by atoms with Crippen molar-refractivity contribution in [3.8, 4) is 11.4 Å². The molecule has 1 atom stereocenters. The van der Waals surface area contributed by atoms with Crippen molar-refractivity contribution < 1.29 is 17.4 Å². The Balaban J connectivity index is 2.08. The standard InChI is InChI=1S/C14H8ClF3N2OS/c15-10-2-1-5-19-13(10)12-7-8-6-9(3-4-11(8)20-12)22(21)14(16,17)18/h1-7,20H. The Hall–Kier alpha value is -1.86. The van der Waals surface area contributed by atoms with Gasteiger partial charge in [-0.1, -0.05) is 11.6 Å². The Bertz CT molecular complexity index is 876. The second kappa shape index (κ2) is 5.40. The van der Waals surface area contributed by atoms with E-state index in [9.17, 15) is 17.4 Å². The molecule has 0 saturated carbocycles. The summed E-state index contributed by atoms with van der Waals surface area (Å²) < 4.78 is 49.0. The summed E-state index contributed by atoms with van der Waals surface area (Å²) in [6.45, 7) is 0. The quantitative estimate of drug-likeness (QED) is 0.743. The summed E-state index contributed by atoms with van der Waals surface area (Å²) in [5.74, 6) is 0. The molecule has 0 bridgehead atoms. The Kier molecular flexibility index (Phi) is 3.70. The fourth-order valence-electron chi connectivity index (χ4n) is 2.07. The molecule has 3 aromatic rings. The number of benzene rings is 1. The second-order valence-corrected chi connectivity index (χ2v) is 6.36. The molecule has 2 heterocycles. The highest BCUT2D eigenvalue weighted by Crippen LogP contribution is 2.31. The van der Waals surface area contributed by atoms with Crippen LogP contribution in [0.4, 0.5) is 13.2 Å². The largest absolute Gasteiger partial charge is 0.475 e. The maximum atomic E-state index is 12.5. The van der Waals surface area contributed by atoms with Gasteiger partial charge in [-0.25, -0.2) is 4.21 Å². The van der Waals surface area contributed by atoms with Crippen LogP contribution in [0.3, 0.4) is 0 Å². The van der Waals surface area contributed by atoms with Crippen molar-refractivity contribution >= 4 is 33.3 Å². The van der Waals surface area contributed by atoms with Crippen molar-refractivity contribution in [1.82, 2.24) is 9.97 Å². The number of H-pyrrole nitrogens is 1. The number of hydrogen-bond acceptors (Lipinski definition) is 2. The van der Waals surface area contributed by atoms with Crippen LogP contribution < -0.4 is 0 Å². The number of aromatic amines is 1. The van der Waals surface area contributed by atoms with Crippen LogP contribution in [-0.4, -0.2) is 19.7 Å². The van der Waals surface area contributed by atoms with Gasteiger partial charge in [0.25, 0.3) is 0 Å². The minimum absolute atomic E-state index is 0.294. The summed E-state index contributed by atoms with van der Waals surface area (Å²) in [6, 6.07) is 8.86. The van der Waals surface area contributed by atoms with Gasteiger partial charge in [-0.2, -0.15) is 13.2 Å². The molecule has 1 unspecified atom stereocenters. The van der Waals surface area contributed by atoms with Crippen LogP contribution in [0.2, 0.25) is 5.02 Å². The van der Waals surface area contributed by atoms with E-state index >= 15 is 0 Å². The van der Waals surface area contributed by atoms with E-state index < -0.39 is 16.3 Å². The number of halogens is 4. The molecular weight excluding hydrogens is 337 g/mol. The molecule has 0 saturated heterocycles. The zero-order valence-electron chi connectivity index (χ0n) is 10.8. The lowest BCUT2D eigenvalue weighted by molar-refractivity contribution is -0.0384. The molecule has 2 aromatic heterocycles. The van der Waals surface area contributed by atoms with Gasteiger partial charge in [0.1, 0.15) is 5.69 Å². The molecular formula is C14H8ClF3N2OS. The lowest BCUT2D eigenvalue weighted by atomic mass is 10.2. The van der Waals surface area contributed by atoms with Crippen LogP contribution in [0.15, 0.2) is 47.5 Å². The Labute approximate surface area is 130 Å². The van der Waals surface area contributed by atoms with E-state index in [0.717, 1.165) is 0 Å². The average molecular weight is 345 g/mol. The van der Waals surface area contributed by atoms with Gasteiger partial charge in [-0.15, -0.1) is 0 Å². The van der Waals surface area contributed by atoms with Crippen LogP contribution in [0.25, 0.3) is 22.3 Å². The van der Waals surface area contributed by atoms with Crippen molar-refractivity contribution in [2.24, 2.45) is 0 Å². The lowest BCUT2D eigenvalue weighted by Gasteiger charge is -2.05. The van der Waals surface area contributed by atoms with E-state index in [1.807, 2.05) is 0 Å². The van der Waals surface area contributed by atoms with E-state index in [1.54, 1.807) is 24.4 Å². The van der Waals surface area contributed by atoms with Crippen molar-refractivity contribution in [1.29, 1.82) is 0 Å². The third kappa shape index (κ3) is 2.74. The SMILES string of the molecule is O=S(c1ccc2[nH]c(-c3ncccc3Cl)cc2c1)C(F)(F)F. The van der Waals surface area contributed by atoms with Gasteiger partial charge in [0.05, 0.1) is 10.7 Å². The molecule has 0 amide bonds. The summed E-state index contributed by atoms with van der Waals surface area (Å²) in [4.78, 5) is 6.87. The van der Waals surface area contributed by atoms with Crippen LogP contribution in [-0.2, 0) is 10.8 Å². The van der Waals surface area contributed by atoms with E-state index in [-0.39, 0.29) is 4.90 Å². The normalized spacial score (nSPS) is 13.5. The monoisotopic (exact) mass is 344 g/mol. The molecule has 1 aromatic carbocycles. The average Bonchev–Trinajstić information content (AvgIpc) is 2.88. The first-order valence-corrected chi connectivity index (χ1v) is 7.61. The molecule has 0 aliphatic carbocycles. The zero-order chi connectivity index (χ0) is 15.9. The van der Waals surface area contributed by atoms with E-state index in [2.05, 4.69) is 9.97 Å². The number of alkyl halides is 3. The third-order valence-electron chi connectivity index (χ3n) is 3.03. The van der Waals surface area contributed by atoms with Crippen molar-refractivity contribution in [2.45, 2.75) is 10.4 Å². The molecule has 1 N–H and O–H groups in total. The van der Waals surface area contributed by atoms with Crippen LogP contribution >= 0.6 is 11.6 Å².